The lowest BCUT2D eigenvalue weighted by atomic mass is 10.0. The molecule has 0 saturated heterocycles. The molecule has 0 atom stereocenters. The minimum absolute atomic E-state index is 0.121. The van der Waals surface area contributed by atoms with E-state index in [0.717, 1.165) is 35.9 Å². The van der Waals surface area contributed by atoms with Gasteiger partial charge in [0.1, 0.15) is 6.33 Å². The van der Waals surface area contributed by atoms with Crippen LogP contribution in [0.15, 0.2) is 58.8 Å². The maximum atomic E-state index is 13.1. The number of carbonyl (C=O) groups excluding carboxylic acids is 1. The van der Waals surface area contributed by atoms with E-state index in [4.69, 9.17) is 0 Å². The number of hydrogen-bond donors (Lipinski definition) is 0. The smallest absolute Gasteiger partial charge is 0.284 e. The Kier molecular flexibility index (Phi) is 4.82. The first-order valence-corrected chi connectivity index (χ1v) is 9.56. The molecule has 0 N–H and O–H groups in total. The highest BCUT2D eigenvalue weighted by molar-refractivity contribution is 7.99. The highest BCUT2D eigenvalue weighted by Gasteiger charge is 2.26. The topological polar surface area (TPSA) is 94.2 Å². The molecule has 0 unspecified atom stereocenters. The minimum Gasteiger partial charge on any atom is -0.311 e. The fourth-order valence-corrected chi connectivity index (χ4v) is 4.09. The number of carbonyl (C=O) groups is 1. The number of nitro benzene ring substituents is 1. The van der Waals surface area contributed by atoms with Crippen molar-refractivity contribution in [2.24, 2.45) is 7.05 Å². The van der Waals surface area contributed by atoms with Crippen molar-refractivity contribution in [3.05, 3.63) is 70.0 Å². The summed E-state index contributed by atoms with van der Waals surface area (Å²) in [4.78, 5) is 26.3. The highest BCUT2D eigenvalue weighted by Crippen LogP contribution is 2.35. The van der Waals surface area contributed by atoms with Crippen molar-refractivity contribution in [2.75, 3.05) is 11.4 Å². The number of anilines is 1. The maximum Gasteiger partial charge on any atom is 0.284 e. The molecule has 1 aliphatic heterocycles. The Morgan fingerprint density at radius 2 is 2.07 bits per heavy atom. The lowest BCUT2D eigenvalue weighted by Gasteiger charge is -2.29. The van der Waals surface area contributed by atoms with Crippen molar-refractivity contribution >= 4 is 29.0 Å². The Morgan fingerprint density at radius 1 is 1.25 bits per heavy atom. The molecule has 0 fully saturated rings. The summed E-state index contributed by atoms with van der Waals surface area (Å²) in [5.41, 5.74) is 2.17. The SMILES string of the molecule is Cn1cnnc1Sc1ccc(C(=O)N2CCCc3ccccc32)cc1[N+](=O)[O-]. The van der Waals surface area contributed by atoms with E-state index in [1.165, 1.54) is 12.4 Å². The van der Waals surface area contributed by atoms with Crippen molar-refractivity contribution in [3.63, 3.8) is 0 Å². The Labute approximate surface area is 165 Å². The normalized spacial score (nSPS) is 13.2. The van der Waals surface area contributed by atoms with Crippen molar-refractivity contribution in [3.8, 4) is 0 Å². The van der Waals surface area contributed by atoms with Crippen LogP contribution >= 0.6 is 11.8 Å². The van der Waals surface area contributed by atoms with E-state index in [-0.39, 0.29) is 11.6 Å². The van der Waals surface area contributed by atoms with Gasteiger partial charge in [-0.25, -0.2) is 0 Å². The van der Waals surface area contributed by atoms with Gasteiger partial charge in [-0.15, -0.1) is 10.2 Å². The van der Waals surface area contributed by atoms with Gasteiger partial charge in [0.2, 0.25) is 0 Å². The first-order valence-electron chi connectivity index (χ1n) is 8.74. The molecule has 8 nitrogen and oxygen atoms in total. The van der Waals surface area contributed by atoms with E-state index < -0.39 is 4.92 Å². The van der Waals surface area contributed by atoms with E-state index in [2.05, 4.69) is 10.2 Å². The second-order valence-corrected chi connectivity index (χ2v) is 7.46. The van der Waals surface area contributed by atoms with Crippen LogP contribution in [0, 0.1) is 10.1 Å². The number of benzene rings is 2. The molecular formula is C19H17N5O3S. The van der Waals surface area contributed by atoms with Crippen LogP contribution in [0.1, 0.15) is 22.3 Å². The monoisotopic (exact) mass is 395 g/mol. The van der Waals surface area contributed by atoms with Gasteiger partial charge in [-0.05, 0) is 48.4 Å². The average molecular weight is 395 g/mol. The molecule has 1 aromatic heterocycles. The highest BCUT2D eigenvalue weighted by atomic mass is 32.2. The molecule has 3 aromatic rings. The maximum absolute atomic E-state index is 13.1. The second-order valence-electron chi connectivity index (χ2n) is 6.46. The number of aromatic nitrogens is 3. The van der Waals surface area contributed by atoms with E-state index in [9.17, 15) is 14.9 Å². The van der Waals surface area contributed by atoms with Gasteiger partial charge in [0.15, 0.2) is 5.16 Å². The molecule has 2 aromatic carbocycles. The van der Waals surface area contributed by atoms with E-state index in [0.29, 0.717) is 22.2 Å². The molecule has 1 amide bonds. The molecule has 2 heterocycles. The number of nitrogens with zero attached hydrogens (tertiary/aromatic N) is 5. The van der Waals surface area contributed by atoms with Crippen LogP contribution in [-0.4, -0.2) is 32.1 Å². The minimum atomic E-state index is -0.473. The first-order chi connectivity index (χ1) is 13.5. The molecule has 0 saturated carbocycles. The third-order valence-corrected chi connectivity index (χ3v) is 5.75. The molecule has 4 rings (SSSR count). The number of amides is 1. The van der Waals surface area contributed by atoms with Gasteiger partial charge < -0.3 is 9.47 Å². The van der Waals surface area contributed by atoms with Crippen molar-refractivity contribution in [2.45, 2.75) is 22.9 Å². The number of hydrogen-bond acceptors (Lipinski definition) is 6. The van der Waals surface area contributed by atoms with Crippen LogP contribution in [0.2, 0.25) is 0 Å². The summed E-state index contributed by atoms with van der Waals surface area (Å²) in [6.07, 6.45) is 3.32. The van der Waals surface area contributed by atoms with E-state index in [1.54, 1.807) is 28.6 Å². The van der Waals surface area contributed by atoms with Gasteiger partial charge in [-0.3, -0.25) is 14.9 Å². The standard InChI is InChI=1S/C19H17N5O3S/c1-22-12-20-21-19(22)28-17-9-8-14(11-16(17)24(26)27)18(25)23-10-4-6-13-5-2-3-7-15(13)23/h2-3,5,7-9,11-12H,4,6,10H2,1H3. The van der Waals surface area contributed by atoms with Crippen molar-refractivity contribution < 1.29 is 9.72 Å². The average Bonchev–Trinajstić information content (AvgIpc) is 3.11. The van der Waals surface area contributed by atoms with Gasteiger partial charge in [0, 0.05) is 30.9 Å². The number of rotatable bonds is 4. The third-order valence-electron chi connectivity index (χ3n) is 4.63. The van der Waals surface area contributed by atoms with Gasteiger partial charge in [-0.1, -0.05) is 18.2 Å². The van der Waals surface area contributed by atoms with E-state index >= 15 is 0 Å². The zero-order valence-electron chi connectivity index (χ0n) is 15.1. The van der Waals surface area contributed by atoms with Crippen molar-refractivity contribution in [1.29, 1.82) is 0 Å². The Bertz CT molecular complexity index is 1070. The van der Waals surface area contributed by atoms with E-state index in [1.807, 2.05) is 24.3 Å². The molecule has 1 aliphatic rings. The third kappa shape index (κ3) is 3.36. The molecule has 0 spiro atoms. The van der Waals surface area contributed by atoms with Gasteiger partial charge >= 0.3 is 0 Å². The van der Waals surface area contributed by atoms with Gasteiger partial charge in [-0.2, -0.15) is 0 Å². The zero-order valence-corrected chi connectivity index (χ0v) is 15.9. The van der Waals surface area contributed by atoms with Crippen LogP contribution in [-0.2, 0) is 13.5 Å². The summed E-state index contributed by atoms with van der Waals surface area (Å²) in [5.74, 6) is -0.231. The summed E-state index contributed by atoms with van der Waals surface area (Å²) in [6.45, 7) is 0.596. The number of aryl methyl sites for hydroxylation is 2. The largest absolute Gasteiger partial charge is 0.311 e. The predicted octanol–water partition coefficient (Wildman–Crippen LogP) is 3.47. The lowest BCUT2D eigenvalue weighted by Crippen LogP contribution is -2.35. The van der Waals surface area contributed by atoms with Crippen LogP contribution in [0.25, 0.3) is 0 Å². The summed E-state index contributed by atoms with van der Waals surface area (Å²) in [5, 5.41) is 19.9. The number of nitro groups is 1. The van der Waals surface area contributed by atoms with Crippen LogP contribution in [0.3, 0.4) is 0 Å². The molecule has 0 bridgehead atoms. The molecule has 9 heteroatoms. The summed E-state index contributed by atoms with van der Waals surface area (Å²) in [7, 11) is 1.76. The quantitative estimate of drug-likeness (QED) is 0.496. The number of fused-ring (bicyclic) bond motifs is 1. The fourth-order valence-electron chi connectivity index (χ4n) is 3.24. The van der Waals surface area contributed by atoms with Crippen LogP contribution in [0.4, 0.5) is 11.4 Å². The molecule has 142 valence electrons. The Hall–Kier alpha value is -3.20. The molecule has 0 aliphatic carbocycles. The summed E-state index contributed by atoms with van der Waals surface area (Å²) >= 11 is 1.14. The molecule has 0 radical (unpaired) electrons. The van der Waals surface area contributed by atoms with Gasteiger partial charge in [0.25, 0.3) is 11.6 Å². The zero-order chi connectivity index (χ0) is 19.7. The van der Waals surface area contributed by atoms with Crippen LogP contribution in [0.5, 0.6) is 0 Å². The summed E-state index contributed by atoms with van der Waals surface area (Å²) in [6, 6.07) is 12.4. The predicted molar refractivity (Wildman–Crippen MR) is 105 cm³/mol. The lowest BCUT2D eigenvalue weighted by molar-refractivity contribution is -0.387. The van der Waals surface area contributed by atoms with Crippen LogP contribution < -0.4 is 4.90 Å². The summed E-state index contributed by atoms with van der Waals surface area (Å²) < 4.78 is 1.68. The number of para-hydroxylation sites is 1. The Morgan fingerprint density at radius 3 is 2.82 bits per heavy atom. The van der Waals surface area contributed by atoms with Crippen molar-refractivity contribution in [1.82, 2.24) is 14.8 Å². The molecular weight excluding hydrogens is 378 g/mol. The first kappa shape index (κ1) is 18.2. The van der Waals surface area contributed by atoms with Gasteiger partial charge in [0.05, 0.1) is 9.82 Å². The second kappa shape index (κ2) is 7.43. The molecule has 28 heavy (non-hydrogen) atoms. The fraction of sp³-hybridized carbons (Fsp3) is 0.211. The Balaban J connectivity index is 1.67.